The number of hydrogen-bond acceptors (Lipinski definition) is 3. The molecule has 0 aliphatic heterocycles. The van der Waals surface area contributed by atoms with Crippen LogP contribution in [0.4, 0.5) is 0 Å². The Kier molecular flexibility index (Phi) is 5.22. The standard InChI is InChI=1S/C12H16N2O2/c1-2-7-14(10-12(15)16)8-5-11-4-3-6-13-9-11/h2-4,6,9H,1,5,7-8,10H2,(H,15,16). The first kappa shape index (κ1) is 12.4. The first-order valence-electron chi connectivity index (χ1n) is 5.16. The van der Waals surface area contributed by atoms with E-state index in [0.717, 1.165) is 12.0 Å². The number of carboxylic acid groups (broad SMARTS) is 1. The zero-order valence-corrected chi connectivity index (χ0v) is 9.17. The number of nitrogens with zero attached hydrogens (tertiary/aromatic N) is 2. The number of pyridine rings is 1. The second kappa shape index (κ2) is 6.74. The van der Waals surface area contributed by atoms with Crippen LogP contribution in [0.2, 0.25) is 0 Å². The minimum absolute atomic E-state index is 0.0479. The van der Waals surface area contributed by atoms with Crippen molar-refractivity contribution in [3.8, 4) is 0 Å². The van der Waals surface area contributed by atoms with E-state index in [2.05, 4.69) is 11.6 Å². The van der Waals surface area contributed by atoms with Crippen LogP contribution < -0.4 is 0 Å². The molecular formula is C12H16N2O2. The molecular weight excluding hydrogens is 204 g/mol. The van der Waals surface area contributed by atoms with Crippen molar-refractivity contribution in [2.45, 2.75) is 6.42 Å². The molecule has 1 aromatic heterocycles. The minimum atomic E-state index is -0.812. The molecule has 1 rings (SSSR count). The fourth-order valence-electron chi connectivity index (χ4n) is 1.44. The minimum Gasteiger partial charge on any atom is -0.480 e. The summed E-state index contributed by atoms with van der Waals surface area (Å²) < 4.78 is 0. The van der Waals surface area contributed by atoms with Crippen molar-refractivity contribution >= 4 is 5.97 Å². The van der Waals surface area contributed by atoms with Crippen molar-refractivity contribution in [1.82, 2.24) is 9.88 Å². The second-order valence-corrected chi connectivity index (χ2v) is 3.53. The summed E-state index contributed by atoms with van der Waals surface area (Å²) >= 11 is 0. The Balaban J connectivity index is 2.43. The van der Waals surface area contributed by atoms with Crippen LogP contribution in [0.1, 0.15) is 5.56 Å². The highest BCUT2D eigenvalue weighted by Crippen LogP contribution is 1.99. The maximum absolute atomic E-state index is 10.6. The van der Waals surface area contributed by atoms with Crippen LogP contribution in [0.3, 0.4) is 0 Å². The third-order valence-electron chi connectivity index (χ3n) is 2.19. The monoisotopic (exact) mass is 220 g/mol. The summed E-state index contributed by atoms with van der Waals surface area (Å²) in [5.41, 5.74) is 1.11. The third kappa shape index (κ3) is 4.70. The van der Waals surface area contributed by atoms with Gasteiger partial charge in [-0.15, -0.1) is 6.58 Å². The molecule has 0 saturated carbocycles. The van der Waals surface area contributed by atoms with Gasteiger partial charge in [-0.05, 0) is 18.1 Å². The van der Waals surface area contributed by atoms with Gasteiger partial charge in [0.15, 0.2) is 0 Å². The highest BCUT2D eigenvalue weighted by atomic mass is 16.4. The summed E-state index contributed by atoms with van der Waals surface area (Å²) in [6.07, 6.45) is 6.04. The van der Waals surface area contributed by atoms with Gasteiger partial charge in [-0.25, -0.2) is 0 Å². The Bertz CT molecular complexity index is 338. The van der Waals surface area contributed by atoms with Crippen LogP contribution in [0.15, 0.2) is 37.2 Å². The Morgan fingerprint density at radius 1 is 1.62 bits per heavy atom. The zero-order chi connectivity index (χ0) is 11.8. The van der Waals surface area contributed by atoms with E-state index in [1.54, 1.807) is 18.5 Å². The molecule has 1 N–H and O–H groups in total. The normalized spacial score (nSPS) is 10.3. The highest BCUT2D eigenvalue weighted by Gasteiger charge is 2.07. The van der Waals surface area contributed by atoms with Crippen LogP contribution >= 0.6 is 0 Å². The molecule has 0 atom stereocenters. The van der Waals surface area contributed by atoms with E-state index >= 15 is 0 Å². The van der Waals surface area contributed by atoms with Crippen molar-refractivity contribution in [3.63, 3.8) is 0 Å². The van der Waals surface area contributed by atoms with Crippen molar-refractivity contribution < 1.29 is 9.90 Å². The zero-order valence-electron chi connectivity index (χ0n) is 9.17. The van der Waals surface area contributed by atoms with Gasteiger partial charge < -0.3 is 5.11 Å². The Hall–Kier alpha value is -1.68. The Morgan fingerprint density at radius 3 is 3.00 bits per heavy atom. The fraction of sp³-hybridized carbons (Fsp3) is 0.333. The van der Waals surface area contributed by atoms with E-state index in [-0.39, 0.29) is 6.54 Å². The van der Waals surface area contributed by atoms with Crippen LogP contribution in [-0.4, -0.2) is 40.6 Å². The lowest BCUT2D eigenvalue weighted by Gasteiger charge is -2.17. The Morgan fingerprint density at radius 2 is 2.44 bits per heavy atom. The summed E-state index contributed by atoms with van der Waals surface area (Å²) in [7, 11) is 0. The van der Waals surface area contributed by atoms with Crippen molar-refractivity contribution in [2.24, 2.45) is 0 Å². The number of aliphatic carboxylic acids is 1. The van der Waals surface area contributed by atoms with Gasteiger partial charge in [0.05, 0.1) is 6.54 Å². The topological polar surface area (TPSA) is 53.4 Å². The van der Waals surface area contributed by atoms with Gasteiger partial charge in [-0.2, -0.15) is 0 Å². The predicted molar refractivity (Wildman–Crippen MR) is 62.2 cm³/mol. The average molecular weight is 220 g/mol. The van der Waals surface area contributed by atoms with E-state index in [1.807, 2.05) is 17.0 Å². The molecule has 1 aromatic rings. The SMILES string of the molecule is C=CCN(CCc1cccnc1)CC(=O)O. The summed E-state index contributed by atoms with van der Waals surface area (Å²) in [5, 5.41) is 8.72. The lowest BCUT2D eigenvalue weighted by atomic mass is 10.2. The van der Waals surface area contributed by atoms with Gasteiger partial charge in [0.1, 0.15) is 0 Å². The lowest BCUT2D eigenvalue weighted by molar-refractivity contribution is -0.138. The molecule has 0 amide bonds. The molecule has 0 aliphatic carbocycles. The maximum atomic E-state index is 10.6. The maximum Gasteiger partial charge on any atom is 0.317 e. The summed E-state index contributed by atoms with van der Waals surface area (Å²) in [5.74, 6) is -0.812. The average Bonchev–Trinajstić information content (AvgIpc) is 2.27. The fourth-order valence-corrected chi connectivity index (χ4v) is 1.44. The quantitative estimate of drug-likeness (QED) is 0.701. The number of carbonyl (C=O) groups is 1. The summed E-state index contributed by atoms with van der Waals surface area (Å²) in [6.45, 7) is 4.95. The van der Waals surface area contributed by atoms with Gasteiger partial charge in [0.25, 0.3) is 0 Å². The van der Waals surface area contributed by atoms with Crippen LogP contribution in [-0.2, 0) is 11.2 Å². The molecule has 16 heavy (non-hydrogen) atoms. The van der Waals surface area contributed by atoms with Gasteiger partial charge in [-0.1, -0.05) is 12.1 Å². The molecule has 86 valence electrons. The highest BCUT2D eigenvalue weighted by molar-refractivity contribution is 5.69. The molecule has 0 bridgehead atoms. The van der Waals surface area contributed by atoms with Crippen molar-refractivity contribution in [1.29, 1.82) is 0 Å². The molecule has 0 unspecified atom stereocenters. The molecule has 4 nitrogen and oxygen atoms in total. The van der Waals surface area contributed by atoms with Crippen LogP contribution in [0.25, 0.3) is 0 Å². The Labute approximate surface area is 95.2 Å². The molecule has 0 spiro atoms. The van der Waals surface area contributed by atoms with Gasteiger partial charge in [0, 0.05) is 25.5 Å². The molecule has 1 heterocycles. The lowest BCUT2D eigenvalue weighted by Crippen LogP contribution is -2.31. The van der Waals surface area contributed by atoms with E-state index in [1.165, 1.54) is 0 Å². The first-order chi connectivity index (χ1) is 7.72. The second-order valence-electron chi connectivity index (χ2n) is 3.53. The molecule has 0 aliphatic rings. The first-order valence-corrected chi connectivity index (χ1v) is 5.16. The number of carboxylic acids is 1. The van der Waals surface area contributed by atoms with E-state index in [0.29, 0.717) is 13.1 Å². The van der Waals surface area contributed by atoms with E-state index < -0.39 is 5.97 Å². The summed E-state index contributed by atoms with van der Waals surface area (Å²) in [4.78, 5) is 16.5. The van der Waals surface area contributed by atoms with Crippen LogP contribution in [0.5, 0.6) is 0 Å². The third-order valence-corrected chi connectivity index (χ3v) is 2.19. The van der Waals surface area contributed by atoms with Gasteiger partial charge in [-0.3, -0.25) is 14.7 Å². The molecule has 0 fully saturated rings. The molecule has 4 heteroatoms. The molecule has 0 radical (unpaired) electrons. The smallest absolute Gasteiger partial charge is 0.317 e. The summed E-state index contributed by atoms with van der Waals surface area (Å²) in [6, 6.07) is 3.87. The molecule has 0 saturated heterocycles. The van der Waals surface area contributed by atoms with E-state index in [9.17, 15) is 4.79 Å². The number of aromatic nitrogens is 1. The van der Waals surface area contributed by atoms with Crippen molar-refractivity contribution in [2.75, 3.05) is 19.6 Å². The largest absolute Gasteiger partial charge is 0.480 e. The predicted octanol–water partition coefficient (Wildman–Crippen LogP) is 1.20. The van der Waals surface area contributed by atoms with Gasteiger partial charge >= 0.3 is 5.97 Å². The molecule has 0 aromatic carbocycles. The number of rotatable bonds is 7. The van der Waals surface area contributed by atoms with Gasteiger partial charge in [0.2, 0.25) is 0 Å². The van der Waals surface area contributed by atoms with Crippen molar-refractivity contribution in [3.05, 3.63) is 42.7 Å². The van der Waals surface area contributed by atoms with Crippen LogP contribution in [0, 0.1) is 0 Å². The van der Waals surface area contributed by atoms with E-state index in [4.69, 9.17) is 5.11 Å². The number of hydrogen-bond donors (Lipinski definition) is 1.